The van der Waals surface area contributed by atoms with Crippen molar-refractivity contribution < 1.29 is 0 Å². The number of unbranched alkanes of at least 4 members (excludes halogenated alkanes) is 1. The van der Waals surface area contributed by atoms with Crippen LogP contribution in [0.1, 0.15) is 31.4 Å². The highest BCUT2D eigenvalue weighted by Gasteiger charge is 2.19. The third-order valence-electron chi connectivity index (χ3n) is 3.69. The van der Waals surface area contributed by atoms with Gasteiger partial charge in [-0.2, -0.15) is 5.10 Å². The normalized spacial score (nSPS) is 15.4. The predicted octanol–water partition coefficient (Wildman–Crippen LogP) is 2.65. The molecular weight excluding hydrogens is 222 g/mol. The van der Waals surface area contributed by atoms with Gasteiger partial charge in [-0.25, -0.2) is 0 Å². The molecule has 1 aromatic heterocycles. The Labute approximate surface area is 108 Å². The SMILES string of the molecule is Cn1nc(CCCCNC2CC2)c2ccccc21. The molecule has 0 saturated heterocycles. The molecule has 1 saturated carbocycles. The minimum Gasteiger partial charge on any atom is -0.314 e. The molecule has 1 aromatic carbocycles. The highest BCUT2D eigenvalue weighted by Crippen LogP contribution is 2.20. The van der Waals surface area contributed by atoms with E-state index in [9.17, 15) is 0 Å². The molecule has 0 atom stereocenters. The Balaban J connectivity index is 1.56. The third-order valence-corrected chi connectivity index (χ3v) is 3.69. The molecule has 0 bridgehead atoms. The van der Waals surface area contributed by atoms with E-state index in [0.29, 0.717) is 0 Å². The fourth-order valence-electron chi connectivity index (χ4n) is 2.48. The lowest BCUT2D eigenvalue weighted by Gasteiger charge is -2.01. The van der Waals surface area contributed by atoms with E-state index in [0.717, 1.165) is 19.0 Å². The summed E-state index contributed by atoms with van der Waals surface area (Å²) in [5, 5.41) is 9.51. The molecule has 3 rings (SSSR count). The number of aromatic nitrogens is 2. The Morgan fingerprint density at radius 1 is 1.28 bits per heavy atom. The molecule has 3 heteroatoms. The van der Waals surface area contributed by atoms with Crippen molar-refractivity contribution in [3.05, 3.63) is 30.0 Å². The van der Waals surface area contributed by atoms with Crippen LogP contribution in [0.25, 0.3) is 10.9 Å². The standard InChI is InChI=1S/C15H21N3/c1-18-15-8-3-2-6-13(15)14(17-18)7-4-5-11-16-12-9-10-12/h2-3,6,8,12,16H,4-5,7,9-11H2,1H3. The summed E-state index contributed by atoms with van der Waals surface area (Å²) in [7, 11) is 2.03. The van der Waals surface area contributed by atoms with Crippen LogP contribution in [-0.2, 0) is 13.5 Å². The maximum atomic E-state index is 4.63. The fourth-order valence-corrected chi connectivity index (χ4v) is 2.48. The fraction of sp³-hybridized carbons (Fsp3) is 0.533. The van der Waals surface area contributed by atoms with Crippen LogP contribution < -0.4 is 5.32 Å². The van der Waals surface area contributed by atoms with Crippen LogP contribution >= 0.6 is 0 Å². The number of rotatable bonds is 6. The smallest absolute Gasteiger partial charge is 0.0703 e. The molecule has 0 radical (unpaired) electrons. The van der Waals surface area contributed by atoms with Crippen LogP contribution in [0.15, 0.2) is 24.3 Å². The summed E-state index contributed by atoms with van der Waals surface area (Å²) in [6.07, 6.45) is 6.32. The van der Waals surface area contributed by atoms with Gasteiger partial charge >= 0.3 is 0 Å². The monoisotopic (exact) mass is 243 g/mol. The summed E-state index contributed by atoms with van der Waals surface area (Å²) in [6.45, 7) is 1.16. The average molecular weight is 243 g/mol. The molecule has 18 heavy (non-hydrogen) atoms. The first kappa shape index (κ1) is 11.7. The van der Waals surface area contributed by atoms with Gasteiger partial charge in [-0.05, 0) is 44.7 Å². The summed E-state index contributed by atoms with van der Waals surface area (Å²) in [5.41, 5.74) is 2.49. The van der Waals surface area contributed by atoms with Gasteiger partial charge in [-0.1, -0.05) is 18.2 Å². The molecule has 0 unspecified atom stereocenters. The molecule has 2 aromatic rings. The summed E-state index contributed by atoms with van der Waals surface area (Å²) in [6, 6.07) is 9.33. The molecule has 1 N–H and O–H groups in total. The summed E-state index contributed by atoms with van der Waals surface area (Å²) in [4.78, 5) is 0. The van der Waals surface area contributed by atoms with Gasteiger partial charge in [0.05, 0.1) is 11.2 Å². The van der Waals surface area contributed by atoms with Gasteiger partial charge in [0.15, 0.2) is 0 Å². The van der Waals surface area contributed by atoms with Crippen molar-refractivity contribution in [1.82, 2.24) is 15.1 Å². The van der Waals surface area contributed by atoms with Gasteiger partial charge in [-0.3, -0.25) is 4.68 Å². The van der Waals surface area contributed by atoms with Gasteiger partial charge in [-0.15, -0.1) is 0 Å². The summed E-state index contributed by atoms with van der Waals surface area (Å²) < 4.78 is 1.99. The quantitative estimate of drug-likeness (QED) is 0.790. The van der Waals surface area contributed by atoms with E-state index in [1.807, 2.05) is 11.7 Å². The van der Waals surface area contributed by atoms with Gasteiger partial charge < -0.3 is 5.32 Å². The molecular formula is C15H21N3. The van der Waals surface area contributed by atoms with E-state index in [4.69, 9.17) is 0 Å². The predicted molar refractivity (Wildman–Crippen MR) is 74.7 cm³/mol. The largest absolute Gasteiger partial charge is 0.314 e. The van der Waals surface area contributed by atoms with Crippen LogP contribution in [-0.4, -0.2) is 22.4 Å². The zero-order valence-corrected chi connectivity index (χ0v) is 11.0. The van der Waals surface area contributed by atoms with Crippen LogP contribution in [0, 0.1) is 0 Å². The zero-order chi connectivity index (χ0) is 12.4. The van der Waals surface area contributed by atoms with Gasteiger partial charge in [0, 0.05) is 18.5 Å². The number of hydrogen-bond acceptors (Lipinski definition) is 2. The molecule has 3 nitrogen and oxygen atoms in total. The molecule has 1 aliphatic carbocycles. The first-order valence-corrected chi connectivity index (χ1v) is 6.98. The lowest BCUT2D eigenvalue weighted by Crippen LogP contribution is -2.17. The van der Waals surface area contributed by atoms with E-state index < -0.39 is 0 Å². The number of hydrogen-bond donors (Lipinski definition) is 1. The van der Waals surface area contributed by atoms with Crippen molar-refractivity contribution in [3.8, 4) is 0 Å². The summed E-state index contributed by atoms with van der Waals surface area (Å²) >= 11 is 0. The van der Waals surface area contributed by atoms with Gasteiger partial charge in [0.1, 0.15) is 0 Å². The van der Waals surface area contributed by atoms with Crippen LogP contribution in [0.5, 0.6) is 0 Å². The Morgan fingerprint density at radius 3 is 2.94 bits per heavy atom. The number of fused-ring (bicyclic) bond motifs is 1. The Kier molecular flexibility index (Phi) is 3.33. The molecule has 0 aliphatic heterocycles. The number of benzene rings is 1. The number of para-hydroxylation sites is 1. The Morgan fingerprint density at radius 2 is 2.11 bits per heavy atom. The minimum atomic E-state index is 0.834. The van der Waals surface area contributed by atoms with E-state index in [1.54, 1.807) is 0 Å². The Bertz CT molecular complexity index is 526. The lowest BCUT2D eigenvalue weighted by molar-refractivity contribution is 0.614. The van der Waals surface area contributed by atoms with E-state index in [2.05, 4.69) is 34.7 Å². The molecule has 96 valence electrons. The zero-order valence-electron chi connectivity index (χ0n) is 11.0. The van der Waals surface area contributed by atoms with Crippen LogP contribution in [0.2, 0.25) is 0 Å². The van der Waals surface area contributed by atoms with Crippen molar-refractivity contribution in [2.45, 2.75) is 38.1 Å². The maximum absolute atomic E-state index is 4.63. The molecule has 0 spiro atoms. The van der Waals surface area contributed by atoms with Crippen molar-refractivity contribution in [2.75, 3.05) is 6.54 Å². The highest BCUT2D eigenvalue weighted by molar-refractivity contribution is 5.81. The molecule has 1 fully saturated rings. The van der Waals surface area contributed by atoms with Crippen molar-refractivity contribution in [2.24, 2.45) is 7.05 Å². The number of aryl methyl sites for hydroxylation is 2. The third kappa shape index (κ3) is 2.56. The number of nitrogens with zero attached hydrogens (tertiary/aromatic N) is 2. The molecule has 1 aliphatic rings. The van der Waals surface area contributed by atoms with Crippen molar-refractivity contribution >= 4 is 10.9 Å². The molecule has 1 heterocycles. The number of nitrogens with one attached hydrogen (secondary N) is 1. The minimum absolute atomic E-state index is 0.834. The molecule has 0 amide bonds. The second kappa shape index (κ2) is 5.11. The average Bonchev–Trinajstić information content (AvgIpc) is 3.16. The van der Waals surface area contributed by atoms with E-state index in [1.165, 1.54) is 42.3 Å². The van der Waals surface area contributed by atoms with Crippen LogP contribution in [0.3, 0.4) is 0 Å². The Hall–Kier alpha value is -1.35. The van der Waals surface area contributed by atoms with Gasteiger partial charge in [0.25, 0.3) is 0 Å². The second-order valence-corrected chi connectivity index (χ2v) is 5.27. The maximum Gasteiger partial charge on any atom is 0.0703 e. The first-order chi connectivity index (χ1) is 8.84. The van der Waals surface area contributed by atoms with E-state index in [-0.39, 0.29) is 0 Å². The topological polar surface area (TPSA) is 29.9 Å². The summed E-state index contributed by atoms with van der Waals surface area (Å²) in [5.74, 6) is 0. The van der Waals surface area contributed by atoms with Crippen molar-refractivity contribution in [3.63, 3.8) is 0 Å². The first-order valence-electron chi connectivity index (χ1n) is 6.98. The van der Waals surface area contributed by atoms with Crippen LogP contribution in [0.4, 0.5) is 0 Å². The van der Waals surface area contributed by atoms with Gasteiger partial charge in [0.2, 0.25) is 0 Å². The lowest BCUT2D eigenvalue weighted by atomic mass is 10.1. The highest BCUT2D eigenvalue weighted by atomic mass is 15.3. The second-order valence-electron chi connectivity index (χ2n) is 5.27. The van der Waals surface area contributed by atoms with E-state index >= 15 is 0 Å². The van der Waals surface area contributed by atoms with Crippen molar-refractivity contribution in [1.29, 1.82) is 0 Å².